The molecule has 0 unspecified atom stereocenters. The van der Waals surface area contributed by atoms with Gasteiger partial charge in [0.25, 0.3) is 0 Å². The van der Waals surface area contributed by atoms with Gasteiger partial charge in [0.05, 0.1) is 5.54 Å². The first kappa shape index (κ1) is 15.9. The lowest BCUT2D eigenvalue weighted by Gasteiger charge is -2.39. The van der Waals surface area contributed by atoms with Crippen LogP contribution in [0.2, 0.25) is 0 Å². The van der Waals surface area contributed by atoms with Crippen molar-refractivity contribution in [2.45, 2.75) is 37.3 Å². The summed E-state index contributed by atoms with van der Waals surface area (Å²) in [6.07, 6.45) is 2.21. The molecular formula is C17H21FN2O3. The molecule has 0 saturated carbocycles. The molecule has 1 aromatic rings. The Morgan fingerprint density at radius 1 is 1.30 bits per heavy atom. The summed E-state index contributed by atoms with van der Waals surface area (Å²) in [4.78, 5) is 25.9. The molecule has 0 spiro atoms. The Kier molecular flexibility index (Phi) is 4.35. The predicted octanol–water partition coefficient (Wildman–Crippen LogP) is 1.57. The molecule has 0 bridgehead atoms. The van der Waals surface area contributed by atoms with Crippen molar-refractivity contribution in [3.05, 3.63) is 35.6 Å². The molecular weight excluding hydrogens is 299 g/mol. The second kappa shape index (κ2) is 6.28. The lowest BCUT2D eigenvalue weighted by atomic mass is 9.82. The molecule has 23 heavy (non-hydrogen) atoms. The third-order valence-corrected chi connectivity index (χ3v) is 4.90. The monoisotopic (exact) mass is 320 g/mol. The van der Waals surface area contributed by atoms with Crippen LogP contribution >= 0.6 is 0 Å². The number of hydrogen-bond acceptors (Lipinski definition) is 3. The number of benzene rings is 1. The SMILES string of the molecule is CN1C(=O)CC[C@@H]1C(=O)NC1(c2ccc(F)cc2)CCOCC1. The number of carbonyl (C=O) groups excluding carboxylic acids is 2. The van der Waals surface area contributed by atoms with Gasteiger partial charge in [0.1, 0.15) is 11.9 Å². The van der Waals surface area contributed by atoms with Crippen LogP contribution in [0.3, 0.4) is 0 Å². The van der Waals surface area contributed by atoms with Crippen LogP contribution in [-0.2, 0) is 19.9 Å². The molecule has 1 N–H and O–H groups in total. The second-order valence-electron chi connectivity index (χ2n) is 6.25. The summed E-state index contributed by atoms with van der Waals surface area (Å²) in [6, 6.07) is 5.81. The number of ether oxygens (including phenoxy) is 1. The summed E-state index contributed by atoms with van der Waals surface area (Å²) in [6.45, 7) is 1.08. The highest BCUT2D eigenvalue weighted by Gasteiger charge is 2.40. The first-order valence-corrected chi connectivity index (χ1v) is 7.93. The summed E-state index contributed by atoms with van der Waals surface area (Å²) in [7, 11) is 1.66. The number of hydrogen-bond donors (Lipinski definition) is 1. The fourth-order valence-electron chi connectivity index (χ4n) is 3.40. The van der Waals surface area contributed by atoms with Gasteiger partial charge in [0.2, 0.25) is 11.8 Å². The molecule has 0 aromatic heterocycles. The van der Waals surface area contributed by atoms with Crippen LogP contribution in [-0.4, -0.2) is 43.0 Å². The van der Waals surface area contributed by atoms with E-state index in [9.17, 15) is 14.0 Å². The molecule has 2 heterocycles. The van der Waals surface area contributed by atoms with E-state index < -0.39 is 11.6 Å². The standard InChI is InChI=1S/C17H21FN2O3/c1-20-14(6-7-15(20)21)16(22)19-17(8-10-23-11-9-17)12-2-4-13(18)5-3-12/h2-5,14H,6-11H2,1H3,(H,19,22)/t14-/m1/s1. The van der Waals surface area contributed by atoms with Gasteiger partial charge in [0.15, 0.2) is 0 Å². The molecule has 2 saturated heterocycles. The van der Waals surface area contributed by atoms with Gasteiger partial charge in [-0.2, -0.15) is 0 Å². The van der Waals surface area contributed by atoms with Gasteiger partial charge in [-0.05, 0) is 37.0 Å². The Bertz CT molecular complexity index is 596. The fraction of sp³-hybridized carbons (Fsp3) is 0.529. The van der Waals surface area contributed by atoms with Gasteiger partial charge in [-0.25, -0.2) is 4.39 Å². The highest BCUT2D eigenvalue weighted by atomic mass is 19.1. The summed E-state index contributed by atoms with van der Waals surface area (Å²) < 4.78 is 18.7. The van der Waals surface area contributed by atoms with Gasteiger partial charge in [0, 0.05) is 26.7 Å². The molecule has 2 aliphatic rings. The van der Waals surface area contributed by atoms with Gasteiger partial charge in [-0.15, -0.1) is 0 Å². The Balaban J connectivity index is 1.83. The van der Waals surface area contributed by atoms with Crippen LogP contribution in [0.25, 0.3) is 0 Å². The van der Waals surface area contributed by atoms with E-state index in [0.29, 0.717) is 38.9 Å². The van der Waals surface area contributed by atoms with Crippen LogP contribution in [0, 0.1) is 5.82 Å². The third-order valence-electron chi connectivity index (χ3n) is 4.90. The van der Waals surface area contributed by atoms with Crippen LogP contribution in [0.5, 0.6) is 0 Å². The topological polar surface area (TPSA) is 58.6 Å². The molecule has 6 heteroatoms. The first-order chi connectivity index (χ1) is 11.0. The van der Waals surface area contributed by atoms with Gasteiger partial charge >= 0.3 is 0 Å². The van der Waals surface area contributed by atoms with E-state index in [1.807, 2.05) is 0 Å². The highest BCUT2D eigenvalue weighted by Crippen LogP contribution is 2.33. The third kappa shape index (κ3) is 3.08. The van der Waals surface area contributed by atoms with Crippen molar-refractivity contribution in [3.8, 4) is 0 Å². The molecule has 1 aromatic carbocycles. The number of nitrogens with one attached hydrogen (secondary N) is 1. The normalized spacial score (nSPS) is 23.8. The minimum atomic E-state index is -0.560. The zero-order valence-electron chi connectivity index (χ0n) is 13.2. The van der Waals surface area contributed by atoms with E-state index in [1.165, 1.54) is 17.0 Å². The highest BCUT2D eigenvalue weighted by molar-refractivity contribution is 5.91. The molecule has 2 fully saturated rings. The van der Waals surface area contributed by atoms with Crippen molar-refractivity contribution in [3.63, 3.8) is 0 Å². The van der Waals surface area contributed by atoms with E-state index in [0.717, 1.165) is 5.56 Å². The number of halogens is 1. The summed E-state index contributed by atoms with van der Waals surface area (Å²) in [5.41, 5.74) is 0.317. The lowest BCUT2D eigenvalue weighted by Crippen LogP contribution is -2.54. The average Bonchev–Trinajstić information content (AvgIpc) is 2.88. The fourth-order valence-corrected chi connectivity index (χ4v) is 3.40. The Labute approximate surface area is 134 Å². The van der Waals surface area contributed by atoms with Gasteiger partial charge in [-0.1, -0.05) is 12.1 Å². The molecule has 1 atom stereocenters. The summed E-state index contributed by atoms with van der Waals surface area (Å²) in [5.74, 6) is -0.457. The number of carbonyl (C=O) groups is 2. The number of amides is 2. The quantitative estimate of drug-likeness (QED) is 0.920. The maximum absolute atomic E-state index is 13.2. The van der Waals surface area contributed by atoms with Crippen LogP contribution in [0.4, 0.5) is 4.39 Å². The maximum Gasteiger partial charge on any atom is 0.243 e. The van der Waals surface area contributed by atoms with Crippen molar-refractivity contribution in [2.24, 2.45) is 0 Å². The molecule has 2 amide bonds. The van der Waals surface area contributed by atoms with E-state index >= 15 is 0 Å². The van der Waals surface area contributed by atoms with Crippen LogP contribution in [0.1, 0.15) is 31.2 Å². The van der Waals surface area contributed by atoms with Crippen molar-refractivity contribution in [1.82, 2.24) is 10.2 Å². The summed E-state index contributed by atoms with van der Waals surface area (Å²) >= 11 is 0. The Morgan fingerprint density at radius 2 is 1.96 bits per heavy atom. The Morgan fingerprint density at radius 3 is 2.52 bits per heavy atom. The molecule has 0 aliphatic carbocycles. The number of rotatable bonds is 3. The number of nitrogens with zero attached hydrogens (tertiary/aromatic N) is 1. The smallest absolute Gasteiger partial charge is 0.243 e. The zero-order valence-corrected chi connectivity index (χ0v) is 13.2. The number of likely N-dealkylation sites (N-methyl/N-ethyl adjacent to an activating group) is 1. The van der Waals surface area contributed by atoms with E-state index in [4.69, 9.17) is 4.74 Å². The Hall–Kier alpha value is -1.95. The molecule has 0 radical (unpaired) electrons. The maximum atomic E-state index is 13.2. The number of likely N-dealkylation sites (tertiary alicyclic amines) is 1. The summed E-state index contributed by atoms with van der Waals surface area (Å²) in [5, 5.41) is 3.13. The average molecular weight is 320 g/mol. The van der Waals surface area contributed by atoms with Crippen LogP contribution < -0.4 is 5.32 Å². The minimum Gasteiger partial charge on any atom is -0.381 e. The van der Waals surface area contributed by atoms with Crippen molar-refractivity contribution in [2.75, 3.05) is 20.3 Å². The van der Waals surface area contributed by atoms with Crippen molar-refractivity contribution >= 4 is 11.8 Å². The van der Waals surface area contributed by atoms with Crippen molar-refractivity contribution in [1.29, 1.82) is 0 Å². The predicted molar refractivity (Wildman–Crippen MR) is 82.1 cm³/mol. The lowest BCUT2D eigenvalue weighted by molar-refractivity contribution is -0.135. The van der Waals surface area contributed by atoms with E-state index in [-0.39, 0.29) is 17.6 Å². The second-order valence-corrected chi connectivity index (χ2v) is 6.25. The van der Waals surface area contributed by atoms with Crippen LogP contribution in [0.15, 0.2) is 24.3 Å². The molecule has 124 valence electrons. The van der Waals surface area contributed by atoms with Gasteiger partial charge < -0.3 is 15.0 Å². The largest absolute Gasteiger partial charge is 0.381 e. The van der Waals surface area contributed by atoms with Crippen molar-refractivity contribution < 1.29 is 18.7 Å². The molecule has 2 aliphatic heterocycles. The van der Waals surface area contributed by atoms with Gasteiger partial charge in [-0.3, -0.25) is 9.59 Å². The molecule has 5 nitrogen and oxygen atoms in total. The molecule has 3 rings (SSSR count). The minimum absolute atomic E-state index is 0.00652. The first-order valence-electron chi connectivity index (χ1n) is 7.93. The zero-order chi connectivity index (χ0) is 16.4. The van der Waals surface area contributed by atoms with E-state index in [1.54, 1.807) is 19.2 Å². The van der Waals surface area contributed by atoms with E-state index in [2.05, 4.69) is 5.32 Å².